The molecule has 0 N–H and O–H groups in total. The zero-order valence-corrected chi connectivity index (χ0v) is 40.5. The van der Waals surface area contributed by atoms with Crippen molar-refractivity contribution in [1.82, 2.24) is 0 Å². The van der Waals surface area contributed by atoms with Gasteiger partial charge in [0.15, 0.2) is 0 Å². The van der Waals surface area contributed by atoms with E-state index >= 15 is 0 Å². The third kappa shape index (κ3) is 7.37. The van der Waals surface area contributed by atoms with Crippen molar-refractivity contribution in [3.05, 3.63) is 273 Å². The van der Waals surface area contributed by atoms with Crippen LogP contribution in [0.25, 0.3) is 74.8 Å². The Morgan fingerprint density at radius 1 is 0.288 bits per heavy atom. The average Bonchev–Trinajstić information content (AvgIpc) is 4.04. The Morgan fingerprint density at radius 3 is 1.49 bits per heavy atom. The summed E-state index contributed by atoms with van der Waals surface area (Å²) in [7, 11) is 0. The van der Waals surface area contributed by atoms with Crippen molar-refractivity contribution >= 4 is 126 Å². The van der Waals surface area contributed by atoms with Gasteiger partial charge in [0.05, 0.1) is 27.1 Å². The van der Waals surface area contributed by atoms with Gasteiger partial charge in [0, 0.05) is 65.8 Å². The maximum atomic E-state index is 7.33. The second-order valence-corrected chi connectivity index (χ2v) is 19.5. The Hall–Kier alpha value is -9.42. The van der Waals surface area contributed by atoms with Gasteiger partial charge in [-0.1, -0.05) is 170 Å². The van der Waals surface area contributed by atoms with Crippen molar-refractivity contribution in [3.8, 4) is 11.1 Å². The van der Waals surface area contributed by atoms with Gasteiger partial charge in [-0.3, -0.25) is 0 Å². The fraction of sp³-hybridized carbons (Fsp3) is 0. The molecule has 4 nitrogen and oxygen atoms in total. The van der Waals surface area contributed by atoms with Crippen molar-refractivity contribution in [1.29, 1.82) is 0 Å². The SMILES string of the molecule is c1ccc(N(c2ccccc2)c2ccc(-c3cc(N(c4ccccc4)c4ccccc4)c4c(c3)oc3c5ccccc5c(N(c5ccc6ccccc6c5)c5cccc6c5sc5ccccc56)cc34)cc2)cc1. The molecule has 12 aromatic carbocycles. The molecule has 0 saturated heterocycles. The fourth-order valence-electron chi connectivity index (χ4n) is 10.8. The summed E-state index contributed by atoms with van der Waals surface area (Å²) < 4.78 is 9.84. The number of hydrogen-bond donors (Lipinski definition) is 0. The van der Waals surface area contributed by atoms with E-state index in [1.807, 2.05) is 11.3 Å². The van der Waals surface area contributed by atoms with Gasteiger partial charge in [0.25, 0.3) is 0 Å². The minimum absolute atomic E-state index is 0.810. The van der Waals surface area contributed by atoms with Crippen LogP contribution in [0.2, 0.25) is 0 Å². The quantitative estimate of drug-likeness (QED) is 0.136. The van der Waals surface area contributed by atoms with E-state index in [4.69, 9.17) is 4.42 Å². The molecule has 14 aromatic rings. The molecule has 0 amide bonds. The van der Waals surface area contributed by atoms with Gasteiger partial charge in [0.1, 0.15) is 11.2 Å². The predicted molar refractivity (Wildman–Crippen MR) is 311 cm³/mol. The molecular weight excluding hydrogens is 907 g/mol. The van der Waals surface area contributed by atoms with Crippen LogP contribution in [0, 0.1) is 0 Å². The first-order valence-corrected chi connectivity index (χ1v) is 25.6. The van der Waals surface area contributed by atoms with Crippen molar-refractivity contribution in [2.24, 2.45) is 0 Å². The lowest BCUT2D eigenvalue weighted by Crippen LogP contribution is -2.11. The second-order valence-electron chi connectivity index (χ2n) is 18.5. The van der Waals surface area contributed by atoms with Crippen LogP contribution in [0.4, 0.5) is 51.2 Å². The molecule has 0 bridgehead atoms. The topological polar surface area (TPSA) is 22.9 Å². The highest BCUT2D eigenvalue weighted by atomic mass is 32.1. The number of benzene rings is 12. The molecule has 344 valence electrons. The van der Waals surface area contributed by atoms with Crippen LogP contribution >= 0.6 is 11.3 Å². The lowest BCUT2D eigenvalue weighted by atomic mass is 9.97. The van der Waals surface area contributed by atoms with Gasteiger partial charge >= 0.3 is 0 Å². The molecule has 0 fully saturated rings. The Balaban J connectivity index is 1.04. The molecule has 5 heteroatoms. The molecule has 2 aromatic heterocycles. The lowest BCUT2D eigenvalue weighted by Gasteiger charge is -2.28. The number of rotatable bonds is 10. The summed E-state index contributed by atoms with van der Waals surface area (Å²) in [5.74, 6) is 0. The third-order valence-electron chi connectivity index (χ3n) is 14.1. The van der Waals surface area contributed by atoms with E-state index in [1.165, 1.54) is 30.9 Å². The first-order chi connectivity index (χ1) is 36.2. The Morgan fingerprint density at radius 2 is 0.822 bits per heavy atom. The Kier molecular flexibility index (Phi) is 10.3. The number of para-hydroxylation sites is 4. The van der Waals surface area contributed by atoms with E-state index in [9.17, 15) is 0 Å². The normalized spacial score (nSPS) is 11.6. The van der Waals surface area contributed by atoms with Gasteiger partial charge in [-0.25, -0.2) is 0 Å². The van der Waals surface area contributed by atoms with Crippen LogP contribution in [0.1, 0.15) is 0 Å². The number of anilines is 9. The summed E-state index contributed by atoms with van der Waals surface area (Å²) >= 11 is 1.85. The van der Waals surface area contributed by atoms with Crippen LogP contribution in [-0.4, -0.2) is 0 Å². The lowest BCUT2D eigenvalue weighted by molar-refractivity contribution is 0.673. The molecule has 0 unspecified atom stereocenters. The molecule has 0 saturated carbocycles. The molecular formula is C68H45N3OS. The highest BCUT2D eigenvalue weighted by molar-refractivity contribution is 7.26. The standard InChI is InChI=1S/C68H45N3OS/c1-5-22-50(23-6-1)69(51-24-7-2-8-25-51)54-39-36-47(37-40-54)49-43-63(70(52-26-9-3-10-27-52)53-28-11-4-12-29-53)66-60-45-62(56-30-15-16-32-58(56)67(60)72-64(66)44-49)71(55-41-38-46-20-13-14-21-48(46)42-55)61-34-19-33-59-57-31-17-18-35-65(57)73-68(59)61/h1-45H. The van der Waals surface area contributed by atoms with Crippen molar-refractivity contribution < 1.29 is 4.42 Å². The molecule has 14 rings (SSSR count). The summed E-state index contributed by atoms with van der Waals surface area (Å²) in [5, 5.41) is 9.12. The predicted octanol–water partition coefficient (Wildman–Crippen LogP) is 20.3. The first kappa shape index (κ1) is 42.5. The van der Waals surface area contributed by atoms with Gasteiger partial charge in [-0.05, 0) is 125 Å². The number of nitrogens with zero attached hydrogens (tertiary/aromatic N) is 3. The molecule has 0 spiro atoms. The maximum Gasteiger partial charge on any atom is 0.143 e. The molecule has 0 aliphatic carbocycles. The van der Waals surface area contributed by atoms with Crippen LogP contribution in [-0.2, 0) is 0 Å². The van der Waals surface area contributed by atoms with E-state index in [2.05, 4.69) is 288 Å². The summed E-state index contributed by atoms with van der Waals surface area (Å²) in [6, 6.07) is 98.2. The molecule has 0 aliphatic rings. The Labute approximate surface area is 427 Å². The summed E-state index contributed by atoms with van der Waals surface area (Å²) in [6.45, 7) is 0. The first-order valence-electron chi connectivity index (χ1n) is 24.7. The van der Waals surface area contributed by atoms with E-state index in [0.717, 1.165) is 95.0 Å². The van der Waals surface area contributed by atoms with Crippen LogP contribution < -0.4 is 14.7 Å². The van der Waals surface area contributed by atoms with Gasteiger partial charge in [-0.2, -0.15) is 0 Å². The summed E-state index contributed by atoms with van der Waals surface area (Å²) in [6.07, 6.45) is 0. The number of furan rings is 1. The van der Waals surface area contributed by atoms with Gasteiger partial charge in [0.2, 0.25) is 0 Å². The van der Waals surface area contributed by atoms with Crippen molar-refractivity contribution in [3.63, 3.8) is 0 Å². The minimum Gasteiger partial charge on any atom is -0.455 e. The van der Waals surface area contributed by atoms with E-state index in [-0.39, 0.29) is 0 Å². The second kappa shape index (κ2) is 17.8. The molecule has 2 heterocycles. The van der Waals surface area contributed by atoms with Gasteiger partial charge < -0.3 is 19.1 Å². The highest BCUT2D eigenvalue weighted by Crippen LogP contribution is 2.52. The van der Waals surface area contributed by atoms with Crippen LogP contribution in [0.5, 0.6) is 0 Å². The van der Waals surface area contributed by atoms with Crippen LogP contribution in [0.3, 0.4) is 0 Å². The number of hydrogen-bond acceptors (Lipinski definition) is 5. The zero-order chi connectivity index (χ0) is 48.2. The molecule has 0 atom stereocenters. The monoisotopic (exact) mass is 951 g/mol. The number of thiophene rings is 1. The van der Waals surface area contributed by atoms with E-state index < -0.39 is 0 Å². The smallest absolute Gasteiger partial charge is 0.143 e. The highest BCUT2D eigenvalue weighted by Gasteiger charge is 2.27. The van der Waals surface area contributed by atoms with Crippen molar-refractivity contribution in [2.75, 3.05) is 14.7 Å². The van der Waals surface area contributed by atoms with Crippen molar-refractivity contribution in [2.45, 2.75) is 0 Å². The number of fused-ring (bicyclic) bond motifs is 9. The minimum atomic E-state index is 0.810. The average molecular weight is 952 g/mol. The maximum absolute atomic E-state index is 7.33. The van der Waals surface area contributed by atoms with Crippen LogP contribution in [0.15, 0.2) is 277 Å². The Bertz CT molecular complexity index is 4240. The zero-order valence-electron chi connectivity index (χ0n) is 39.6. The van der Waals surface area contributed by atoms with E-state index in [1.54, 1.807) is 0 Å². The summed E-state index contributed by atoms with van der Waals surface area (Å²) in [5.41, 5.74) is 13.5. The van der Waals surface area contributed by atoms with Gasteiger partial charge in [-0.15, -0.1) is 11.3 Å². The largest absolute Gasteiger partial charge is 0.455 e. The molecule has 0 aliphatic heterocycles. The van der Waals surface area contributed by atoms with E-state index in [0.29, 0.717) is 0 Å². The molecule has 0 radical (unpaired) electrons. The third-order valence-corrected chi connectivity index (χ3v) is 15.4. The molecule has 73 heavy (non-hydrogen) atoms. The summed E-state index contributed by atoms with van der Waals surface area (Å²) in [4.78, 5) is 7.17. The fourth-order valence-corrected chi connectivity index (χ4v) is 12.0.